The summed E-state index contributed by atoms with van der Waals surface area (Å²) >= 11 is 0. The van der Waals surface area contributed by atoms with Crippen LogP contribution in [0.3, 0.4) is 0 Å². The fourth-order valence-electron chi connectivity index (χ4n) is 3.99. The summed E-state index contributed by atoms with van der Waals surface area (Å²) in [5.41, 5.74) is 4.18. The van der Waals surface area contributed by atoms with Crippen molar-refractivity contribution in [2.75, 3.05) is 13.2 Å². The SMILES string of the molecule is CCOC(=O)c1[nH]c(C)c(C(=O)[C@H](C)N(CCc2ccccn2)C(=O)c2ccc(C)cc2)c1C. The van der Waals surface area contributed by atoms with E-state index in [1.54, 1.807) is 50.9 Å². The molecule has 0 radical (unpaired) electrons. The number of aromatic nitrogens is 2. The van der Waals surface area contributed by atoms with Crippen LogP contribution in [0.2, 0.25) is 0 Å². The van der Waals surface area contributed by atoms with E-state index in [9.17, 15) is 14.4 Å². The molecular weight excluding hydrogens is 430 g/mol. The molecule has 3 aromatic rings. The molecule has 0 bridgehead atoms. The number of esters is 1. The number of Topliss-reactive ketones (excluding diaryl/α,β-unsaturated/α-hetero) is 1. The van der Waals surface area contributed by atoms with Crippen LogP contribution in [-0.4, -0.2) is 51.7 Å². The number of nitrogens with zero attached hydrogens (tertiary/aromatic N) is 2. The maximum absolute atomic E-state index is 13.6. The Hall–Kier alpha value is -3.74. The highest BCUT2D eigenvalue weighted by molar-refractivity contribution is 6.07. The topological polar surface area (TPSA) is 92.4 Å². The van der Waals surface area contributed by atoms with E-state index >= 15 is 0 Å². The number of hydrogen-bond acceptors (Lipinski definition) is 5. The van der Waals surface area contributed by atoms with Crippen molar-refractivity contribution in [1.82, 2.24) is 14.9 Å². The molecule has 0 spiro atoms. The van der Waals surface area contributed by atoms with E-state index in [1.807, 2.05) is 37.3 Å². The minimum atomic E-state index is -0.749. The first-order valence-corrected chi connectivity index (χ1v) is 11.4. The highest BCUT2D eigenvalue weighted by Crippen LogP contribution is 2.23. The molecule has 0 fully saturated rings. The van der Waals surface area contributed by atoms with Gasteiger partial charge in [0.2, 0.25) is 0 Å². The molecule has 0 saturated heterocycles. The van der Waals surface area contributed by atoms with E-state index in [2.05, 4.69) is 9.97 Å². The van der Waals surface area contributed by atoms with Gasteiger partial charge in [0, 0.05) is 41.7 Å². The number of nitrogens with one attached hydrogen (secondary N) is 1. The molecule has 3 rings (SSSR count). The summed E-state index contributed by atoms with van der Waals surface area (Å²) in [5.74, 6) is -0.964. The second-order valence-electron chi connectivity index (χ2n) is 8.32. The minimum Gasteiger partial charge on any atom is -0.461 e. The molecule has 1 N–H and O–H groups in total. The van der Waals surface area contributed by atoms with Gasteiger partial charge in [-0.3, -0.25) is 14.6 Å². The zero-order valence-corrected chi connectivity index (χ0v) is 20.3. The molecule has 0 aliphatic rings. The van der Waals surface area contributed by atoms with Gasteiger partial charge in [-0.15, -0.1) is 0 Å². The Bertz CT molecular complexity index is 1170. The predicted molar refractivity (Wildman–Crippen MR) is 130 cm³/mol. The third-order valence-corrected chi connectivity index (χ3v) is 5.90. The van der Waals surface area contributed by atoms with Gasteiger partial charge in [0.1, 0.15) is 5.69 Å². The van der Waals surface area contributed by atoms with Crippen molar-refractivity contribution in [2.24, 2.45) is 0 Å². The van der Waals surface area contributed by atoms with Crippen molar-refractivity contribution in [3.8, 4) is 0 Å². The number of carbonyl (C=O) groups excluding carboxylic acids is 3. The molecule has 2 heterocycles. The number of carbonyl (C=O) groups is 3. The lowest BCUT2D eigenvalue weighted by molar-refractivity contribution is 0.0518. The number of ketones is 1. The maximum Gasteiger partial charge on any atom is 0.355 e. The Morgan fingerprint density at radius 2 is 1.76 bits per heavy atom. The normalized spacial score (nSPS) is 11.7. The molecule has 1 amide bonds. The summed E-state index contributed by atoms with van der Waals surface area (Å²) in [6, 6.07) is 12.2. The Balaban J connectivity index is 1.93. The average molecular weight is 462 g/mol. The van der Waals surface area contributed by atoms with Crippen LogP contribution >= 0.6 is 0 Å². The zero-order valence-electron chi connectivity index (χ0n) is 20.3. The second-order valence-corrected chi connectivity index (χ2v) is 8.32. The van der Waals surface area contributed by atoms with Crippen molar-refractivity contribution in [2.45, 2.75) is 47.1 Å². The first kappa shape index (κ1) is 24.9. The zero-order chi connectivity index (χ0) is 24.8. The fourth-order valence-corrected chi connectivity index (χ4v) is 3.99. The predicted octanol–water partition coefficient (Wildman–Crippen LogP) is 4.47. The van der Waals surface area contributed by atoms with Gasteiger partial charge in [-0.05, 0) is 64.4 Å². The Morgan fingerprint density at radius 1 is 1.06 bits per heavy atom. The van der Waals surface area contributed by atoms with Crippen molar-refractivity contribution in [1.29, 1.82) is 0 Å². The van der Waals surface area contributed by atoms with Gasteiger partial charge in [0.15, 0.2) is 5.78 Å². The second kappa shape index (κ2) is 10.9. The lowest BCUT2D eigenvalue weighted by atomic mass is 9.99. The number of benzene rings is 1. The van der Waals surface area contributed by atoms with Gasteiger partial charge in [-0.2, -0.15) is 0 Å². The average Bonchev–Trinajstić information content (AvgIpc) is 3.13. The number of amides is 1. The third-order valence-electron chi connectivity index (χ3n) is 5.90. The van der Waals surface area contributed by atoms with Gasteiger partial charge >= 0.3 is 5.97 Å². The number of H-pyrrole nitrogens is 1. The van der Waals surface area contributed by atoms with Crippen molar-refractivity contribution in [3.05, 3.63) is 88.0 Å². The Labute approximate surface area is 200 Å². The van der Waals surface area contributed by atoms with Gasteiger partial charge in [-0.25, -0.2) is 4.79 Å². The summed E-state index contributed by atoms with van der Waals surface area (Å²) in [6.45, 7) is 9.44. The molecule has 0 unspecified atom stereocenters. The number of hydrogen-bond donors (Lipinski definition) is 1. The van der Waals surface area contributed by atoms with E-state index in [-0.39, 0.29) is 24.0 Å². The molecule has 1 aromatic carbocycles. The van der Waals surface area contributed by atoms with Crippen LogP contribution in [0, 0.1) is 20.8 Å². The van der Waals surface area contributed by atoms with E-state index in [1.165, 1.54) is 0 Å². The maximum atomic E-state index is 13.6. The van der Waals surface area contributed by atoms with Gasteiger partial charge < -0.3 is 14.6 Å². The number of aromatic amines is 1. The Kier molecular flexibility index (Phi) is 7.99. The van der Waals surface area contributed by atoms with Gasteiger partial charge in [0.05, 0.1) is 12.6 Å². The van der Waals surface area contributed by atoms with Crippen LogP contribution < -0.4 is 0 Å². The molecule has 2 aromatic heterocycles. The lowest BCUT2D eigenvalue weighted by Gasteiger charge is -2.29. The monoisotopic (exact) mass is 461 g/mol. The summed E-state index contributed by atoms with van der Waals surface area (Å²) in [4.78, 5) is 48.4. The van der Waals surface area contributed by atoms with Crippen LogP contribution in [0.15, 0.2) is 48.7 Å². The molecule has 178 valence electrons. The minimum absolute atomic E-state index is 0.228. The number of ether oxygens (including phenoxy) is 1. The van der Waals surface area contributed by atoms with Crippen LogP contribution in [-0.2, 0) is 11.2 Å². The third kappa shape index (κ3) is 5.42. The molecule has 34 heavy (non-hydrogen) atoms. The fraction of sp³-hybridized carbons (Fsp3) is 0.333. The summed E-state index contributed by atoms with van der Waals surface area (Å²) in [7, 11) is 0. The van der Waals surface area contributed by atoms with Gasteiger partial charge in [0.25, 0.3) is 5.91 Å². The molecule has 0 saturated carbocycles. The van der Waals surface area contributed by atoms with E-state index < -0.39 is 12.0 Å². The lowest BCUT2D eigenvalue weighted by Crippen LogP contribution is -2.44. The summed E-state index contributed by atoms with van der Waals surface area (Å²) < 4.78 is 5.11. The van der Waals surface area contributed by atoms with Crippen LogP contribution in [0.5, 0.6) is 0 Å². The summed E-state index contributed by atoms with van der Waals surface area (Å²) in [6.07, 6.45) is 2.22. The molecule has 1 atom stereocenters. The first-order chi connectivity index (χ1) is 16.2. The van der Waals surface area contributed by atoms with E-state index in [0.29, 0.717) is 35.3 Å². The van der Waals surface area contributed by atoms with Gasteiger partial charge in [-0.1, -0.05) is 23.8 Å². The molecule has 7 nitrogen and oxygen atoms in total. The van der Waals surface area contributed by atoms with Crippen LogP contribution in [0.4, 0.5) is 0 Å². The summed E-state index contributed by atoms with van der Waals surface area (Å²) in [5, 5.41) is 0. The number of aryl methyl sites for hydroxylation is 2. The Morgan fingerprint density at radius 3 is 2.38 bits per heavy atom. The van der Waals surface area contributed by atoms with Crippen molar-refractivity contribution in [3.63, 3.8) is 0 Å². The highest BCUT2D eigenvalue weighted by Gasteiger charge is 2.31. The standard InChI is InChI=1S/C27H31N3O4/c1-6-34-27(33)24-18(3)23(19(4)29-24)25(31)20(5)30(16-14-22-9-7-8-15-28-22)26(32)21-12-10-17(2)11-13-21/h7-13,15,20,29H,6,14,16H2,1-5H3/t20-/m0/s1. The van der Waals surface area contributed by atoms with Crippen molar-refractivity contribution >= 4 is 17.7 Å². The van der Waals surface area contributed by atoms with Crippen molar-refractivity contribution < 1.29 is 19.1 Å². The van der Waals surface area contributed by atoms with Crippen LogP contribution in [0.25, 0.3) is 0 Å². The molecular formula is C27H31N3O4. The molecule has 0 aliphatic carbocycles. The quantitative estimate of drug-likeness (QED) is 0.375. The van der Waals surface area contributed by atoms with E-state index in [0.717, 1.165) is 11.3 Å². The number of pyridine rings is 1. The molecule has 0 aliphatic heterocycles. The smallest absolute Gasteiger partial charge is 0.355 e. The largest absolute Gasteiger partial charge is 0.461 e. The van der Waals surface area contributed by atoms with Crippen LogP contribution in [0.1, 0.15) is 67.6 Å². The van der Waals surface area contributed by atoms with E-state index in [4.69, 9.17) is 4.74 Å². The number of rotatable bonds is 9. The highest BCUT2D eigenvalue weighted by atomic mass is 16.5. The molecule has 7 heteroatoms. The first-order valence-electron chi connectivity index (χ1n) is 11.4.